The van der Waals surface area contributed by atoms with Gasteiger partial charge in [0.1, 0.15) is 0 Å². The van der Waals surface area contributed by atoms with Crippen molar-refractivity contribution in [3.63, 3.8) is 0 Å². The molecule has 1 heterocycles. The number of hydrogen-bond acceptors (Lipinski definition) is 7. The van der Waals surface area contributed by atoms with E-state index in [0.29, 0.717) is 37.5 Å². The van der Waals surface area contributed by atoms with Gasteiger partial charge in [-0.05, 0) is 30.6 Å². The average Bonchev–Trinajstić information content (AvgIpc) is 3.11. The van der Waals surface area contributed by atoms with Crippen LogP contribution >= 0.6 is 11.3 Å². The molecular formula is C22H34N4O5S. The minimum Gasteiger partial charge on any atom is -0.396 e. The number of aliphatic hydroxyl groups is 2. The maximum Gasteiger partial charge on any atom is 0.223 e. The lowest BCUT2D eigenvalue weighted by Crippen LogP contribution is -2.57. The second kappa shape index (κ2) is 9.44. The van der Waals surface area contributed by atoms with Crippen LogP contribution in [0, 0.1) is 16.7 Å². The summed E-state index contributed by atoms with van der Waals surface area (Å²) in [5.41, 5.74) is -0.213. The molecule has 1 fully saturated rings. The predicted molar refractivity (Wildman–Crippen MR) is 121 cm³/mol. The number of carbonyl (C=O) groups is 3. The van der Waals surface area contributed by atoms with Gasteiger partial charge in [-0.1, -0.05) is 13.8 Å². The van der Waals surface area contributed by atoms with Crippen molar-refractivity contribution in [1.82, 2.24) is 15.6 Å². The third-order valence-corrected chi connectivity index (χ3v) is 8.40. The molecule has 0 spiro atoms. The van der Waals surface area contributed by atoms with E-state index in [2.05, 4.69) is 22.9 Å². The number of hydrogen-bond donors (Lipinski definition) is 5. The Kier molecular flexibility index (Phi) is 7.26. The van der Waals surface area contributed by atoms with Crippen LogP contribution in [0.1, 0.15) is 63.4 Å². The number of nitrogens with zero attached hydrogens (tertiary/aromatic N) is 1. The number of nitrogens with one attached hydrogen (secondary N) is 3. The highest BCUT2D eigenvalue weighted by atomic mass is 32.1. The van der Waals surface area contributed by atoms with Gasteiger partial charge in [-0.3, -0.25) is 14.4 Å². The van der Waals surface area contributed by atoms with Gasteiger partial charge in [0.05, 0.1) is 18.4 Å². The molecule has 1 aromatic heterocycles. The summed E-state index contributed by atoms with van der Waals surface area (Å²) in [4.78, 5) is 41.1. The lowest BCUT2D eigenvalue weighted by molar-refractivity contribution is -0.144. The number of thiazole rings is 1. The molecule has 0 radical (unpaired) electrons. The summed E-state index contributed by atoms with van der Waals surface area (Å²) in [7, 11) is 0. The minimum absolute atomic E-state index is 0.0425. The molecule has 10 heteroatoms. The Labute approximate surface area is 192 Å². The molecule has 178 valence electrons. The van der Waals surface area contributed by atoms with Crippen molar-refractivity contribution in [3.8, 4) is 0 Å². The number of aliphatic hydroxyl groups excluding tert-OH is 2. The fraction of sp³-hybridized carbons (Fsp3) is 0.727. The zero-order valence-corrected chi connectivity index (χ0v) is 20.0. The topological polar surface area (TPSA) is 141 Å². The third kappa shape index (κ3) is 4.67. The molecule has 0 aliphatic heterocycles. The molecule has 1 saturated carbocycles. The Morgan fingerprint density at radius 2 is 1.84 bits per heavy atom. The van der Waals surface area contributed by atoms with Gasteiger partial charge in [0.25, 0.3) is 0 Å². The van der Waals surface area contributed by atoms with E-state index in [1.807, 2.05) is 6.92 Å². The number of fused-ring (bicyclic) bond motifs is 2. The van der Waals surface area contributed by atoms with E-state index in [1.54, 1.807) is 0 Å². The Morgan fingerprint density at radius 3 is 2.47 bits per heavy atom. The van der Waals surface area contributed by atoms with E-state index < -0.39 is 11.5 Å². The van der Waals surface area contributed by atoms with Gasteiger partial charge in [-0.2, -0.15) is 0 Å². The zero-order chi connectivity index (χ0) is 23.7. The quantitative estimate of drug-likeness (QED) is 0.382. The molecule has 5 N–H and O–H groups in total. The average molecular weight is 467 g/mol. The van der Waals surface area contributed by atoms with E-state index in [1.165, 1.54) is 25.2 Å². The van der Waals surface area contributed by atoms with Crippen molar-refractivity contribution in [3.05, 3.63) is 10.6 Å². The van der Waals surface area contributed by atoms with Crippen molar-refractivity contribution in [1.29, 1.82) is 0 Å². The van der Waals surface area contributed by atoms with Gasteiger partial charge in [0, 0.05) is 49.6 Å². The Bertz CT molecular complexity index is 890. The van der Waals surface area contributed by atoms with Crippen LogP contribution in [0.3, 0.4) is 0 Å². The third-order valence-electron chi connectivity index (χ3n) is 7.39. The summed E-state index contributed by atoms with van der Waals surface area (Å²) in [6.07, 6.45) is 1.48. The van der Waals surface area contributed by atoms with Gasteiger partial charge in [-0.25, -0.2) is 4.98 Å². The maximum atomic E-state index is 12.8. The molecule has 2 aliphatic carbocycles. The monoisotopic (exact) mass is 466 g/mol. The van der Waals surface area contributed by atoms with E-state index in [0.717, 1.165) is 10.6 Å². The van der Waals surface area contributed by atoms with E-state index in [9.17, 15) is 24.6 Å². The highest BCUT2D eigenvalue weighted by Gasteiger charge is 2.59. The summed E-state index contributed by atoms with van der Waals surface area (Å²) in [5.74, 6) is -0.751. The van der Waals surface area contributed by atoms with Crippen LogP contribution in [0.15, 0.2) is 0 Å². The first-order valence-corrected chi connectivity index (χ1v) is 11.9. The van der Waals surface area contributed by atoms with Crippen molar-refractivity contribution in [2.75, 3.05) is 25.0 Å². The Balaban J connectivity index is 1.91. The molecule has 9 nitrogen and oxygen atoms in total. The number of amides is 3. The Morgan fingerprint density at radius 1 is 1.16 bits per heavy atom. The van der Waals surface area contributed by atoms with E-state index in [-0.39, 0.29) is 48.0 Å². The molecule has 2 aliphatic rings. The molecule has 0 saturated heterocycles. The molecule has 3 rings (SSSR count). The normalized spacial score (nSPS) is 31.2. The molecule has 5 unspecified atom stereocenters. The van der Waals surface area contributed by atoms with Crippen LogP contribution in [-0.4, -0.2) is 58.7 Å². The van der Waals surface area contributed by atoms with Gasteiger partial charge >= 0.3 is 0 Å². The van der Waals surface area contributed by atoms with Crippen molar-refractivity contribution >= 4 is 34.2 Å². The number of aromatic nitrogens is 1. The van der Waals surface area contributed by atoms with Gasteiger partial charge in [0.2, 0.25) is 17.7 Å². The molecule has 5 atom stereocenters. The second-order valence-electron chi connectivity index (χ2n) is 9.58. The predicted octanol–water partition coefficient (Wildman–Crippen LogP) is 1.16. The lowest BCUT2D eigenvalue weighted by Gasteiger charge is -2.58. The largest absolute Gasteiger partial charge is 0.396 e. The van der Waals surface area contributed by atoms with Gasteiger partial charge < -0.3 is 26.2 Å². The van der Waals surface area contributed by atoms with Crippen molar-refractivity contribution < 1.29 is 24.6 Å². The summed E-state index contributed by atoms with van der Waals surface area (Å²) in [6, 6.07) is 0. The number of rotatable bonds is 7. The fourth-order valence-electron chi connectivity index (χ4n) is 5.55. The number of carbonyl (C=O) groups excluding carboxylic acids is 3. The van der Waals surface area contributed by atoms with Crippen molar-refractivity contribution in [2.24, 2.45) is 16.7 Å². The van der Waals surface area contributed by atoms with Gasteiger partial charge in [0.15, 0.2) is 5.13 Å². The summed E-state index contributed by atoms with van der Waals surface area (Å²) >= 11 is 1.40. The lowest BCUT2D eigenvalue weighted by atomic mass is 9.47. The fourth-order valence-corrected chi connectivity index (χ4v) is 6.66. The molecule has 3 amide bonds. The summed E-state index contributed by atoms with van der Waals surface area (Å²) < 4.78 is 0. The molecular weight excluding hydrogens is 432 g/mol. The highest BCUT2D eigenvalue weighted by molar-refractivity contribution is 7.15. The first kappa shape index (κ1) is 24.6. The van der Waals surface area contributed by atoms with E-state index in [4.69, 9.17) is 4.98 Å². The zero-order valence-electron chi connectivity index (χ0n) is 19.2. The number of anilines is 1. The highest BCUT2D eigenvalue weighted by Crippen LogP contribution is 2.62. The van der Waals surface area contributed by atoms with E-state index >= 15 is 0 Å². The smallest absolute Gasteiger partial charge is 0.223 e. The summed E-state index contributed by atoms with van der Waals surface area (Å²) in [5, 5.41) is 29.8. The molecule has 0 aromatic carbocycles. The second-order valence-corrected chi connectivity index (χ2v) is 10.7. The Hall–Kier alpha value is -2.04. The molecule has 0 bridgehead atoms. The van der Waals surface area contributed by atoms with Crippen LogP contribution in [0.2, 0.25) is 0 Å². The van der Waals surface area contributed by atoms with Crippen LogP contribution in [0.5, 0.6) is 0 Å². The van der Waals surface area contributed by atoms with Gasteiger partial charge in [-0.15, -0.1) is 11.3 Å². The maximum absolute atomic E-state index is 12.8. The van der Waals surface area contributed by atoms with Crippen LogP contribution in [0.25, 0.3) is 0 Å². The van der Waals surface area contributed by atoms with Crippen LogP contribution in [0.4, 0.5) is 5.13 Å². The van der Waals surface area contributed by atoms with Crippen LogP contribution < -0.4 is 16.0 Å². The summed E-state index contributed by atoms with van der Waals surface area (Å²) in [6.45, 7) is 7.46. The van der Waals surface area contributed by atoms with Crippen LogP contribution in [-0.2, 0) is 20.8 Å². The van der Waals surface area contributed by atoms with Crippen molar-refractivity contribution in [2.45, 2.75) is 65.4 Å². The standard InChI is InChI=1S/C22H34N4O5S/c1-12(28)23-7-8-24-18(31)9-14-19-15(32-20(26-19)25-13(2)29)10-16-21(14,3)6-5-17(30)22(16,4)11-27/h14,16-17,27,30H,5-11H2,1-4H3,(H,23,28)(H,24,31)(H,25,26,29). The molecule has 32 heavy (non-hydrogen) atoms. The SMILES string of the molecule is CC(=O)NCCNC(=O)CC1c2nc(NC(C)=O)sc2CC2C(C)(CO)C(O)CCC12C. The first-order chi connectivity index (χ1) is 15.0. The molecule has 1 aromatic rings. The first-order valence-electron chi connectivity index (χ1n) is 11.1. The minimum atomic E-state index is -0.691.